The number of ether oxygens (including phenoxy) is 6. The molecule has 0 saturated carbocycles. The Bertz CT molecular complexity index is 1530. The van der Waals surface area contributed by atoms with Gasteiger partial charge in [-0.25, -0.2) is 8.42 Å². The molecule has 2 aromatic carbocycles. The molecule has 0 unspecified atom stereocenters. The number of fused-ring (bicyclic) bond motifs is 1. The van der Waals surface area contributed by atoms with Gasteiger partial charge in [-0.2, -0.15) is 4.72 Å². The molecule has 3 fully saturated rings. The summed E-state index contributed by atoms with van der Waals surface area (Å²) in [7, 11) is -3.96. The summed E-state index contributed by atoms with van der Waals surface area (Å²) in [6.45, 7) is 11.9. The normalized spacial score (nSPS) is 26.2. The summed E-state index contributed by atoms with van der Waals surface area (Å²) in [5.74, 6) is -2.81. The third-order valence-corrected chi connectivity index (χ3v) is 10.7. The van der Waals surface area contributed by atoms with Gasteiger partial charge >= 0.3 is 0 Å². The van der Waals surface area contributed by atoms with Crippen molar-refractivity contribution >= 4 is 10.0 Å². The Balaban J connectivity index is 1.51. The van der Waals surface area contributed by atoms with E-state index in [9.17, 15) is 8.42 Å². The topological polar surface area (TPSA) is 102 Å². The molecule has 0 radical (unpaired) electrons. The highest BCUT2D eigenvalue weighted by Crippen LogP contribution is 2.46. The van der Waals surface area contributed by atoms with Crippen molar-refractivity contribution in [2.24, 2.45) is 0 Å². The molecule has 9 nitrogen and oxygen atoms in total. The molecule has 5 atom stereocenters. The van der Waals surface area contributed by atoms with E-state index in [1.807, 2.05) is 71.0 Å². The summed E-state index contributed by atoms with van der Waals surface area (Å²) >= 11 is 0. The van der Waals surface area contributed by atoms with E-state index in [0.717, 1.165) is 30.4 Å². The summed E-state index contributed by atoms with van der Waals surface area (Å²) in [6.07, 6.45) is 9.53. The standard InChI is InChI=1S/C39H55NO8S/c1-7-8-9-10-11-12-13-14-18-21-33(32(26-30-19-16-15-17-20-30)40-49(41,42)31-24-22-29(2)23-25-31)45-36-35-34(46-38(5,6)47-35)27-43-39(36)28-44-37(3,4)48-39/h15-20,22-25,32,34-36,40H,7-14,26-28H2,1-6H3/t21?,32-,34+,35+,36-,39-/m0/s1. The van der Waals surface area contributed by atoms with Crippen LogP contribution in [-0.4, -0.2) is 63.3 Å². The van der Waals surface area contributed by atoms with Gasteiger partial charge in [0.25, 0.3) is 0 Å². The Morgan fingerprint density at radius 2 is 1.63 bits per heavy atom. The third-order valence-electron chi connectivity index (χ3n) is 9.16. The first-order chi connectivity index (χ1) is 23.3. The summed E-state index contributed by atoms with van der Waals surface area (Å²) in [5, 5.41) is 0. The van der Waals surface area contributed by atoms with Gasteiger partial charge in [-0.05, 0) is 77.7 Å². The van der Waals surface area contributed by atoms with E-state index in [2.05, 4.69) is 17.4 Å². The van der Waals surface area contributed by atoms with Crippen molar-refractivity contribution in [1.82, 2.24) is 4.72 Å². The lowest BCUT2D eigenvalue weighted by Crippen LogP contribution is -2.63. The van der Waals surface area contributed by atoms with E-state index in [4.69, 9.17) is 28.4 Å². The molecule has 3 heterocycles. The van der Waals surface area contributed by atoms with Crippen LogP contribution < -0.4 is 4.72 Å². The lowest BCUT2D eigenvalue weighted by molar-refractivity contribution is -0.329. The molecule has 10 heteroatoms. The van der Waals surface area contributed by atoms with Crippen LogP contribution in [0.4, 0.5) is 0 Å². The van der Waals surface area contributed by atoms with Gasteiger partial charge in [-0.3, -0.25) is 0 Å². The predicted octanol–water partition coefficient (Wildman–Crippen LogP) is 7.48. The van der Waals surface area contributed by atoms with E-state index < -0.39 is 51.7 Å². The highest BCUT2D eigenvalue weighted by molar-refractivity contribution is 7.89. The van der Waals surface area contributed by atoms with Crippen LogP contribution in [0, 0.1) is 6.92 Å². The third kappa shape index (κ3) is 10.0. The number of rotatable bonds is 16. The molecule has 3 aliphatic heterocycles. The first-order valence-corrected chi connectivity index (χ1v) is 19.4. The molecule has 1 spiro atoms. The van der Waals surface area contributed by atoms with Crippen molar-refractivity contribution in [3.8, 4) is 0 Å². The average molecular weight is 698 g/mol. The van der Waals surface area contributed by atoms with Crippen molar-refractivity contribution in [3.05, 3.63) is 83.3 Å². The molecule has 1 N–H and O–H groups in total. The van der Waals surface area contributed by atoms with E-state index in [1.165, 1.54) is 32.1 Å². The highest BCUT2D eigenvalue weighted by atomic mass is 32.2. The van der Waals surface area contributed by atoms with Crippen LogP contribution in [0.5, 0.6) is 0 Å². The zero-order valence-corrected chi connectivity index (χ0v) is 30.9. The van der Waals surface area contributed by atoms with E-state index in [-0.39, 0.29) is 18.1 Å². The fourth-order valence-electron chi connectivity index (χ4n) is 6.66. The highest BCUT2D eigenvalue weighted by Gasteiger charge is 2.64. The molecule has 0 bridgehead atoms. The molecule has 0 amide bonds. The Morgan fingerprint density at radius 3 is 2.31 bits per heavy atom. The van der Waals surface area contributed by atoms with Crippen molar-refractivity contribution in [2.75, 3.05) is 13.2 Å². The summed E-state index contributed by atoms with van der Waals surface area (Å²) in [6, 6.07) is 15.8. The molecule has 3 saturated heterocycles. The van der Waals surface area contributed by atoms with Gasteiger partial charge in [0, 0.05) is 0 Å². The van der Waals surface area contributed by atoms with Crippen LogP contribution in [-0.2, 0) is 44.9 Å². The van der Waals surface area contributed by atoms with Crippen LogP contribution in [0.15, 0.2) is 77.1 Å². The second kappa shape index (κ2) is 16.2. The molecule has 0 aromatic heterocycles. The van der Waals surface area contributed by atoms with Gasteiger partial charge < -0.3 is 28.4 Å². The maximum absolute atomic E-state index is 13.9. The zero-order valence-electron chi connectivity index (χ0n) is 30.0. The minimum atomic E-state index is -3.96. The monoisotopic (exact) mass is 697 g/mol. The van der Waals surface area contributed by atoms with Crippen molar-refractivity contribution < 1.29 is 36.8 Å². The van der Waals surface area contributed by atoms with Gasteiger partial charge in [-0.15, -0.1) is 0 Å². The SMILES string of the molecule is CCCCCCCCCC=C=C(O[C@H]1[C@@H]2OC(C)(C)O[C@@H]2CO[C@]12COC(C)(C)O2)[C@H](Cc1ccccc1)NS(=O)(=O)c1ccc(C)cc1. The second-order valence-electron chi connectivity index (χ2n) is 14.4. The summed E-state index contributed by atoms with van der Waals surface area (Å²) in [4.78, 5) is 0.170. The van der Waals surface area contributed by atoms with Gasteiger partial charge in [0.05, 0.1) is 17.5 Å². The maximum Gasteiger partial charge on any atom is 0.241 e. The Labute approximate surface area is 293 Å². The van der Waals surface area contributed by atoms with E-state index in [0.29, 0.717) is 12.2 Å². The van der Waals surface area contributed by atoms with Crippen molar-refractivity contribution in [3.63, 3.8) is 0 Å². The summed E-state index contributed by atoms with van der Waals surface area (Å²) < 4.78 is 69.3. The number of sulfonamides is 1. The van der Waals surface area contributed by atoms with E-state index in [1.54, 1.807) is 24.3 Å². The lowest BCUT2D eigenvalue weighted by atomic mass is 9.96. The quantitative estimate of drug-likeness (QED) is 0.110. The molecule has 5 rings (SSSR count). The predicted molar refractivity (Wildman–Crippen MR) is 188 cm³/mol. The fraction of sp³-hybridized carbons (Fsp3) is 0.615. The van der Waals surface area contributed by atoms with Crippen LogP contribution in [0.3, 0.4) is 0 Å². The molecule has 49 heavy (non-hydrogen) atoms. The summed E-state index contributed by atoms with van der Waals surface area (Å²) in [5.41, 5.74) is 5.31. The molecule has 2 aromatic rings. The molecule has 0 aliphatic carbocycles. The maximum atomic E-state index is 13.9. The van der Waals surface area contributed by atoms with Crippen LogP contribution >= 0.6 is 0 Å². The van der Waals surface area contributed by atoms with E-state index >= 15 is 0 Å². The molecular weight excluding hydrogens is 642 g/mol. The fourth-order valence-corrected chi connectivity index (χ4v) is 7.86. The molecule has 3 aliphatic rings. The smallest absolute Gasteiger partial charge is 0.241 e. The number of aryl methyl sites for hydroxylation is 1. The van der Waals surface area contributed by atoms with Crippen molar-refractivity contribution in [1.29, 1.82) is 0 Å². The van der Waals surface area contributed by atoms with Gasteiger partial charge in [-0.1, -0.05) is 99.2 Å². The second-order valence-corrected chi connectivity index (χ2v) is 16.1. The van der Waals surface area contributed by atoms with Crippen LogP contribution in [0.1, 0.15) is 97.1 Å². The first-order valence-electron chi connectivity index (χ1n) is 17.9. The van der Waals surface area contributed by atoms with Gasteiger partial charge in [0.1, 0.15) is 18.8 Å². The average Bonchev–Trinajstić information content (AvgIpc) is 3.55. The number of benzene rings is 2. The molecule has 270 valence electrons. The number of hydrogen-bond donors (Lipinski definition) is 1. The lowest BCUT2D eigenvalue weighted by Gasteiger charge is -2.44. The van der Waals surface area contributed by atoms with Crippen LogP contribution in [0.2, 0.25) is 0 Å². The zero-order chi connectivity index (χ0) is 35.1. The minimum Gasteiger partial charge on any atom is -0.476 e. The van der Waals surface area contributed by atoms with Gasteiger partial charge in [0.2, 0.25) is 15.8 Å². The Kier molecular flexibility index (Phi) is 12.5. The first kappa shape index (κ1) is 37.7. The van der Waals surface area contributed by atoms with Crippen molar-refractivity contribution in [2.45, 2.75) is 146 Å². The Hall–Kier alpha value is -2.53. The number of unbranched alkanes of at least 4 members (excludes halogenated alkanes) is 7. The van der Waals surface area contributed by atoms with Gasteiger partial charge in [0.15, 0.2) is 23.4 Å². The number of hydrogen-bond acceptors (Lipinski definition) is 8. The largest absolute Gasteiger partial charge is 0.476 e. The Morgan fingerprint density at radius 1 is 0.939 bits per heavy atom. The minimum absolute atomic E-state index is 0.102. The number of nitrogens with one attached hydrogen (secondary N) is 1. The van der Waals surface area contributed by atoms with Crippen LogP contribution in [0.25, 0.3) is 0 Å². The molecular formula is C39H55NO8S.